The number of hydrogen-bond acceptors (Lipinski definition) is 3. The number of carbonyl (C=O) groups is 2. The summed E-state index contributed by atoms with van der Waals surface area (Å²) in [4.78, 5) is 22.3. The number of carbonyl (C=O) groups excluding carboxylic acids is 1. The van der Waals surface area contributed by atoms with E-state index >= 15 is 0 Å². The van der Waals surface area contributed by atoms with Crippen molar-refractivity contribution in [3.05, 3.63) is 27.7 Å². The fourth-order valence-corrected chi connectivity index (χ4v) is 1.96. The molecule has 0 amide bonds. The van der Waals surface area contributed by atoms with Crippen molar-refractivity contribution in [2.24, 2.45) is 0 Å². The summed E-state index contributed by atoms with van der Waals surface area (Å²) >= 11 is 11.8. The molecule has 0 unspecified atom stereocenters. The SMILES string of the molecule is CCOc1c(Cl)cc(Cl)cc1C(=O)CCC(=O)O. The Labute approximate surface area is 114 Å². The van der Waals surface area contributed by atoms with Crippen molar-refractivity contribution >= 4 is 35.0 Å². The minimum Gasteiger partial charge on any atom is -0.492 e. The van der Waals surface area contributed by atoms with E-state index in [0.29, 0.717) is 11.6 Å². The van der Waals surface area contributed by atoms with Crippen molar-refractivity contribution in [2.45, 2.75) is 19.8 Å². The van der Waals surface area contributed by atoms with Crippen LogP contribution in [0.15, 0.2) is 12.1 Å². The van der Waals surface area contributed by atoms with Gasteiger partial charge in [0, 0.05) is 11.4 Å². The third-order valence-electron chi connectivity index (χ3n) is 2.16. The second-order valence-corrected chi connectivity index (χ2v) is 4.36. The normalized spacial score (nSPS) is 10.2. The third kappa shape index (κ3) is 3.89. The number of hydrogen-bond donors (Lipinski definition) is 1. The highest BCUT2D eigenvalue weighted by molar-refractivity contribution is 6.36. The topological polar surface area (TPSA) is 63.6 Å². The number of Topliss-reactive ketones (excluding diaryl/α,β-unsaturated/α-hetero) is 1. The van der Waals surface area contributed by atoms with E-state index in [0.717, 1.165) is 0 Å². The predicted molar refractivity (Wildman–Crippen MR) is 68.8 cm³/mol. The van der Waals surface area contributed by atoms with Crippen LogP contribution in [0.2, 0.25) is 10.0 Å². The summed E-state index contributed by atoms with van der Waals surface area (Å²) in [6, 6.07) is 2.91. The highest BCUT2D eigenvalue weighted by atomic mass is 35.5. The molecule has 0 atom stereocenters. The molecule has 18 heavy (non-hydrogen) atoms. The molecule has 0 aliphatic heterocycles. The van der Waals surface area contributed by atoms with E-state index in [1.165, 1.54) is 12.1 Å². The van der Waals surface area contributed by atoms with Gasteiger partial charge in [-0.05, 0) is 19.1 Å². The first-order chi connectivity index (χ1) is 8.45. The van der Waals surface area contributed by atoms with Crippen molar-refractivity contribution < 1.29 is 19.4 Å². The summed E-state index contributed by atoms with van der Waals surface area (Å²) in [6.45, 7) is 2.11. The van der Waals surface area contributed by atoms with Gasteiger partial charge in [0.15, 0.2) is 5.78 Å². The number of ether oxygens (including phenoxy) is 1. The molecule has 1 rings (SSSR count). The number of carboxylic acids is 1. The lowest BCUT2D eigenvalue weighted by molar-refractivity contribution is -0.136. The molecule has 1 aromatic carbocycles. The molecular formula is C12H12Cl2O4. The summed E-state index contributed by atoms with van der Waals surface area (Å²) in [5, 5.41) is 9.10. The molecule has 4 nitrogen and oxygen atoms in total. The van der Waals surface area contributed by atoms with Gasteiger partial charge in [-0.1, -0.05) is 23.2 Å². The van der Waals surface area contributed by atoms with Gasteiger partial charge in [-0.2, -0.15) is 0 Å². The maximum atomic E-state index is 11.9. The molecule has 0 saturated carbocycles. The average Bonchev–Trinajstić information content (AvgIpc) is 2.29. The molecule has 0 bridgehead atoms. The van der Waals surface area contributed by atoms with Crippen LogP contribution < -0.4 is 4.74 Å². The van der Waals surface area contributed by atoms with Gasteiger partial charge in [-0.25, -0.2) is 0 Å². The zero-order valence-corrected chi connectivity index (χ0v) is 11.2. The van der Waals surface area contributed by atoms with E-state index in [9.17, 15) is 9.59 Å². The van der Waals surface area contributed by atoms with Crippen molar-refractivity contribution in [1.29, 1.82) is 0 Å². The third-order valence-corrected chi connectivity index (χ3v) is 2.66. The molecule has 1 aromatic rings. The molecule has 0 heterocycles. The Morgan fingerprint density at radius 3 is 2.50 bits per heavy atom. The highest BCUT2D eigenvalue weighted by Crippen LogP contribution is 2.33. The van der Waals surface area contributed by atoms with Crippen LogP contribution in [-0.4, -0.2) is 23.5 Å². The fraction of sp³-hybridized carbons (Fsp3) is 0.333. The van der Waals surface area contributed by atoms with Crippen LogP contribution in [0.25, 0.3) is 0 Å². The Hall–Kier alpha value is -1.26. The number of ketones is 1. The lowest BCUT2D eigenvalue weighted by atomic mass is 10.1. The number of aliphatic carboxylic acids is 1. The lowest BCUT2D eigenvalue weighted by Gasteiger charge is -2.11. The van der Waals surface area contributed by atoms with E-state index in [2.05, 4.69) is 0 Å². The van der Waals surface area contributed by atoms with Crippen molar-refractivity contribution in [3.63, 3.8) is 0 Å². The molecule has 0 spiro atoms. The molecular weight excluding hydrogens is 279 g/mol. The van der Waals surface area contributed by atoms with Gasteiger partial charge in [0.1, 0.15) is 5.75 Å². The number of rotatable bonds is 6. The molecule has 0 radical (unpaired) electrons. The Kier molecular flexibility index (Phi) is 5.44. The van der Waals surface area contributed by atoms with Gasteiger partial charge in [0.2, 0.25) is 0 Å². The van der Waals surface area contributed by atoms with E-state index < -0.39 is 5.97 Å². The van der Waals surface area contributed by atoms with Crippen LogP contribution in [0.3, 0.4) is 0 Å². The van der Waals surface area contributed by atoms with Crippen LogP contribution in [0.4, 0.5) is 0 Å². The Morgan fingerprint density at radius 2 is 1.94 bits per heavy atom. The Balaban J connectivity index is 3.05. The predicted octanol–water partition coefficient (Wildman–Crippen LogP) is 3.44. The maximum absolute atomic E-state index is 11.9. The molecule has 6 heteroatoms. The van der Waals surface area contributed by atoms with E-state index in [-0.39, 0.29) is 35.0 Å². The summed E-state index contributed by atoms with van der Waals surface area (Å²) in [6.07, 6.45) is -0.361. The number of carboxylic acid groups (broad SMARTS) is 1. The van der Waals surface area contributed by atoms with Gasteiger partial charge in [-0.15, -0.1) is 0 Å². The van der Waals surface area contributed by atoms with Crippen LogP contribution in [-0.2, 0) is 4.79 Å². The zero-order chi connectivity index (χ0) is 13.7. The Bertz CT molecular complexity index is 471. The minimum absolute atomic E-state index is 0.119. The summed E-state index contributed by atoms with van der Waals surface area (Å²) in [5.41, 5.74) is 0.218. The zero-order valence-electron chi connectivity index (χ0n) is 9.70. The van der Waals surface area contributed by atoms with Crippen molar-refractivity contribution in [3.8, 4) is 5.75 Å². The van der Waals surface area contributed by atoms with Gasteiger partial charge >= 0.3 is 5.97 Å². The fourth-order valence-electron chi connectivity index (χ4n) is 1.41. The van der Waals surface area contributed by atoms with Gasteiger partial charge < -0.3 is 9.84 Å². The summed E-state index contributed by atoms with van der Waals surface area (Å²) < 4.78 is 5.29. The number of halogens is 2. The van der Waals surface area contributed by atoms with E-state index in [1.54, 1.807) is 6.92 Å². The molecule has 0 aliphatic carbocycles. The van der Waals surface area contributed by atoms with Crippen LogP contribution in [0.1, 0.15) is 30.1 Å². The highest BCUT2D eigenvalue weighted by Gasteiger charge is 2.17. The molecule has 1 N–H and O–H groups in total. The van der Waals surface area contributed by atoms with Crippen LogP contribution in [0.5, 0.6) is 5.75 Å². The monoisotopic (exact) mass is 290 g/mol. The molecule has 0 fully saturated rings. The molecule has 0 aromatic heterocycles. The second-order valence-electron chi connectivity index (χ2n) is 3.51. The first-order valence-electron chi connectivity index (χ1n) is 5.32. The van der Waals surface area contributed by atoms with Crippen molar-refractivity contribution in [2.75, 3.05) is 6.61 Å². The van der Waals surface area contributed by atoms with Crippen molar-refractivity contribution in [1.82, 2.24) is 0 Å². The van der Waals surface area contributed by atoms with Gasteiger partial charge in [-0.3, -0.25) is 9.59 Å². The first kappa shape index (κ1) is 14.8. The minimum atomic E-state index is -1.03. The number of benzene rings is 1. The molecule has 98 valence electrons. The largest absolute Gasteiger partial charge is 0.492 e. The quantitative estimate of drug-likeness (QED) is 0.815. The summed E-state index contributed by atoms with van der Waals surface area (Å²) in [7, 11) is 0. The molecule has 0 aliphatic rings. The first-order valence-corrected chi connectivity index (χ1v) is 6.08. The average molecular weight is 291 g/mol. The second kappa shape index (κ2) is 6.61. The smallest absolute Gasteiger partial charge is 0.303 e. The van der Waals surface area contributed by atoms with E-state index in [4.69, 9.17) is 33.0 Å². The van der Waals surface area contributed by atoms with E-state index in [1.807, 2.05) is 0 Å². The van der Waals surface area contributed by atoms with Crippen LogP contribution in [0, 0.1) is 0 Å². The summed E-state index contributed by atoms with van der Waals surface area (Å²) in [5.74, 6) is -1.14. The van der Waals surface area contributed by atoms with Crippen LogP contribution >= 0.6 is 23.2 Å². The molecule has 0 saturated heterocycles. The standard InChI is InChI=1S/C12H12Cl2O4/c1-2-18-12-8(5-7(13)6-9(12)14)10(15)3-4-11(16)17/h5-6H,2-4H2,1H3,(H,16,17). The van der Waals surface area contributed by atoms with Gasteiger partial charge in [0.05, 0.1) is 23.6 Å². The van der Waals surface area contributed by atoms with Gasteiger partial charge in [0.25, 0.3) is 0 Å². The maximum Gasteiger partial charge on any atom is 0.303 e. The lowest BCUT2D eigenvalue weighted by Crippen LogP contribution is -2.07. The Morgan fingerprint density at radius 1 is 1.28 bits per heavy atom.